The topological polar surface area (TPSA) is 133 Å². The van der Waals surface area contributed by atoms with Gasteiger partial charge in [-0.3, -0.25) is 9.59 Å². The lowest BCUT2D eigenvalue weighted by molar-refractivity contribution is -0.132. The van der Waals surface area contributed by atoms with Crippen LogP contribution in [0.15, 0.2) is 54.7 Å². The Morgan fingerprint density at radius 1 is 1.09 bits per heavy atom. The molecule has 5 rings (SSSR count). The Morgan fingerprint density at radius 3 is 2.60 bits per heavy atom. The average molecular weight is 491 g/mol. The Hall–Kier alpha value is -4.05. The number of tetrazole rings is 1. The number of nitrogens with zero attached hydrogens (tertiary/aromatic N) is 5. The van der Waals surface area contributed by atoms with Crippen LogP contribution in [0.25, 0.3) is 22.6 Å². The minimum Gasteiger partial charge on any atom is -0.352 e. The van der Waals surface area contributed by atoms with Crippen LogP contribution in [0.5, 0.6) is 0 Å². The van der Waals surface area contributed by atoms with Gasteiger partial charge in [-0.1, -0.05) is 35.9 Å². The number of aromatic nitrogens is 6. The Balaban J connectivity index is 1.15. The number of imidazole rings is 1. The molecule has 1 atom stereocenters. The maximum absolute atomic E-state index is 12.9. The summed E-state index contributed by atoms with van der Waals surface area (Å²) in [6.45, 7) is 0.924. The third-order valence-electron chi connectivity index (χ3n) is 6.01. The highest BCUT2D eigenvalue weighted by Crippen LogP contribution is 2.32. The molecular weight excluding hydrogens is 468 g/mol. The summed E-state index contributed by atoms with van der Waals surface area (Å²) in [5.74, 6) is 0.977. The van der Waals surface area contributed by atoms with Gasteiger partial charge in [-0.15, -0.1) is 10.2 Å². The van der Waals surface area contributed by atoms with E-state index in [1.165, 1.54) is 0 Å². The number of halogens is 1. The molecule has 1 aliphatic heterocycles. The molecule has 3 heterocycles. The number of hydrogen-bond donors (Lipinski definition) is 3. The van der Waals surface area contributed by atoms with E-state index in [0.29, 0.717) is 23.0 Å². The van der Waals surface area contributed by atoms with Crippen LogP contribution >= 0.6 is 11.6 Å². The molecule has 11 heteroatoms. The largest absolute Gasteiger partial charge is 0.352 e. The molecule has 2 aromatic carbocycles. The fourth-order valence-corrected chi connectivity index (χ4v) is 4.34. The third-order valence-corrected chi connectivity index (χ3v) is 6.27. The molecule has 178 valence electrons. The van der Waals surface area contributed by atoms with Crippen LogP contribution in [0.2, 0.25) is 5.02 Å². The smallest absolute Gasteiger partial charge is 0.251 e. The van der Waals surface area contributed by atoms with Gasteiger partial charge in [-0.2, -0.15) is 5.21 Å². The maximum Gasteiger partial charge on any atom is 0.251 e. The van der Waals surface area contributed by atoms with E-state index >= 15 is 0 Å². The van der Waals surface area contributed by atoms with Crippen LogP contribution in [-0.2, 0) is 4.79 Å². The van der Waals surface area contributed by atoms with Gasteiger partial charge in [0.25, 0.3) is 5.91 Å². The van der Waals surface area contributed by atoms with E-state index in [0.717, 1.165) is 35.5 Å². The molecule has 0 radical (unpaired) electrons. The highest BCUT2D eigenvalue weighted by atomic mass is 35.5. The highest BCUT2D eigenvalue weighted by Gasteiger charge is 2.31. The van der Waals surface area contributed by atoms with E-state index < -0.39 is 0 Å². The fraction of sp³-hybridized carbons (Fsp3) is 0.250. The van der Waals surface area contributed by atoms with E-state index in [1.807, 2.05) is 29.2 Å². The number of H-pyrrole nitrogens is 2. The van der Waals surface area contributed by atoms with Crippen LogP contribution in [0.3, 0.4) is 0 Å². The Labute approximate surface area is 206 Å². The van der Waals surface area contributed by atoms with Gasteiger partial charge in [0.2, 0.25) is 11.7 Å². The van der Waals surface area contributed by atoms with Crippen LogP contribution in [0, 0.1) is 0 Å². The standard InChI is InChI=1S/C24H23ClN8O2/c25-18-9-7-15(8-10-18)19-14-27-23(28-19)20-2-1-13-33(20)21(34)11-12-26-24(35)17-5-3-16(4-6-17)22-29-31-32-30-22/h3-10,14,20H,1-2,11-13H2,(H,26,35)(H,27,28)(H,29,30,31,32). The SMILES string of the molecule is O=C(NCCC(=O)N1CCCC1c1ncc(-c2ccc(Cl)cc2)[nH]1)c1ccc(-c2nn[nH]n2)cc1. The van der Waals surface area contributed by atoms with E-state index in [2.05, 4.69) is 35.9 Å². The average Bonchev–Trinajstić information content (AvgIpc) is 3.66. The Bertz CT molecular complexity index is 1300. The monoisotopic (exact) mass is 490 g/mol. The molecule has 1 aliphatic rings. The number of aromatic amines is 2. The lowest BCUT2D eigenvalue weighted by Gasteiger charge is -2.23. The van der Waals surface area contributed by atoms with E-state index in [9.17, 15) is 9.59 Å². The quantitative estimate of drug-likeness (QED) is 0.363. The lowest BCUT2D eigenvalue weighted by atomic mass is 10.1. The molecule has 1 saturated heterocycles. The van der Waals surface area contributed by atoms with Gasteiger partial charge >= 0.3 is 0 Å². The molecule has 3 N–H and O–H groups in total. The van der Waals surface area contributed by atoms with Crippen molar-refractivity contribution in [3.8, 4) is 22.6 Å². The zero-order chi connectivity index (χ0) is 24.2. The van der Waals surface area contributed by atoms with Crippen molar-refractivity contribution in [1.82, 2.24) is 40.8 Å². The predicted molar refractivity (Wildman–Crippen MR) is 129 cm³/mol. The van der Waals surface area contributed by atoms with Crippen LogP contribution in [0.4, 0.5) is 0 Å². The first-order valence-corrected chi connectivity index (χ1v) is 11.7. The molecule has 4 aromatic rings. The second-order valence-corrected chi connectivity index (χ2v) is 8.69. The van der Waals surface area contributed by atoms with Gasteiger partial charge in [0.1, 0.15) is 5.82 Å². The zero-order valence-electron chi connectivity index (χ0n) is 18.7. The number of hydrogen-bond acceptors (Lipinski definition) is 6. The van der Waals surface area contributed by atoms with Crippen molar-refractivity contribution in [1.29, 1.82) is 0 Å². The number of rotatable bonds is 7. The summed E-state index contributed by atoms with van der Waals surface area (Å²) >= 11 is 5.98. The van der Waals surface area contributed by atoms with Crippen molar-refractivity contribution < 1.29 is 9.59 Å². The maximum atomic E-state index is 12.9. The van der Waals surface area contributed by atoms with E-state index in [1.54, 1.807) is 30.5 Å². The van der Waals surface area contributed by atoms with Gasteiger partial charge in [0.05, 0.1) is 17.9 Å². The minimum absolute atomic E-state index is 0.00954. The molecule has 0 spiro atoms. The number of carbonyl (C=O) groups excluding carboxylic acids is 2. The summed E-state index contributed by atoms with van der Waals surface area (Å²) in [7, 11) is 0. The van der Waals surface area contributed by atoms with Crippen molar-refractivity contribution in [2.75, 3.05) is 13.1 Å². The summed E-state index contributed by atoms with van der Waals surface area (Å²) in [4.78, 5) is 35.1. The molecule has 2 aromatic heterocycles. The van der Waals surface area contributed by atoms with Gasteiger partial charge in [0, 0.05) is 35.7 Å². The van der Waals surface area contributed by atoms with Crippen molar-refractivity contribution in [3.63, 3.8) is 0 Å². The number of likely N-dealkylation sites (tertiary alicyclic amines) is 1. The number of nitrogens with one attached hydrogen (secondary N) is 3. The van der Waals surface area contributed by atoms with Gasteiger partial charge in [-0.05, 0) is 47.9 Å². The fourth-order valence-electron chi connectivity index (χ4n) is 4.22. The molecule has 2 amide bonds. The van der Waals surface area contributed by atoms with Crippen LogP contribution in [0.1, 0.15) is 41.5 Å². The number of benzene rings is 2. The first kappa shape index (κ1) is 22.7. The number of amides is 2. The van der Waals surface area contributed by atoms with Crippen LogP contribution in [-0.4, -0.2) is 60.4 Å². The lowest BCUT2D eigenvalue weighted by Crippen LogP contribution is -2.34. The van der Waals surface area contributed by atoms with E-state index in [-0.39, 0.29) is 30.8 Å². The summed E-state index contributed by atoms with van der Waals surface area (Å²) in [5.41, 5.74) is 3.11. The van der Waals surface area contributed by atoms with Crippen LogP contribution < -0.4 is 5.32 Å². The summed E-state index contributed by atoms with van der Waals surface area (Å²) in [5, 5.41) is 17.2. The minimum atomic E-state index is -0.242. The molecule has 0 aliphatic carbocycles. The number of carbonyl (C=O) groups is 2. The Morgan fingerprint density at radius 2 is 1.86 bits per heavy atom. The first-order chi connectivity index (χ1) is 17.1. The van der Waals surface area contributed by atoms with E-state index in [4.69, 9.17) is 11.6 Å². The predicted octanol–water partition coefficient (Wildman–Crippen LogP) is 3.39. The first-order valence-electron chi connectivity index (χ1n) is 11.3. The van der Waals surface area contributed by atoms with Gasteiger partial charge in [-0.25, -0.2) is 4.98 Å². The molecule has 35 heavy (non-hydrogen) atoms. The van der Waals surface area contributed by atoms with Gasteiger partial charge in [0.15, 0.2) is 0 Å². The highest BCUT2D eigenvalue weighted by molar-refractivity contribution is 6.30. The molecule has 1 fully saturated rings. The molecule has 0 saturated carbocycles. The normalized spacial score (nSPS) is 15.3. The zero-order valence-corrected chi connectivity index (χ0v) is 19.5. The molecule has 1 unspecified atom stereocenters. The second kappa shape index (κ2) is 10.1. The van der Waals surface area contributed by atoms with Gasteiger partial charge < -0.3 is 15.2 Å². The third kappa shape index (κ3) is 5.07. The summed E-state index contributed by atoms with van der Waals surface area (Å²) in [6, 6.07) is 14.3. The summed E-state index contributed by atoms with van der Waals surface area (Å²) in [6.07, 6.45) is 3.75. The molecule has 0 bridgehead atoms. The Kier molecular flexibility index (Phi) is 6.53. The van der Waals surface area contributed by atoms with Crippen molar-refractivity contribution in [2.24, 2.45) is 0 Å². The second-order valence-electron chi connectivity index (χ2n) is 8.25. The van der Waals surface area contributed by atoms with Crippen molar-refractivity contribution in [2.45, 2.75) is 25.3 Å². The van der Waals surface area contributed by atoms with Crippen molar-refractivity contribution >= 4 is 23.4 Å². The molecule has 10 nitrogen and oxygen atoms in total. The van der Waals surface area contributed by atoms with Crippen molar-refractivity contribution in [3.05, 3.63) is 71.1 Å². The molecular formula is C24H23ClN8O2. The summed E-state index contributed by atoms with van der Waals surface area (Å²) < 4.78 is 0.